The largest absolute Gasteiger partial charge is 0.294 e. The Balaban J connectivity index is 2.68. The number of unbranched alkanes of at least 4 members (excludes halogenated alkanes) is 1. The van der Waals surface area contributed by atoms with Gasteiger partial charge in [-0.1, -0.05) is 38.0 Å². The van der Waals surface area contributed by atoms with Gasteiger partial charge in [-0.2, -0.15) is 0 Å². The third kappa shape index (κ3) is 2.55. The predicted molar refractivity (Wildman–Crippen MR) is 55.6 cm³/mol. The summed E-state index contributed by atoms with van der Waals surface area (Å²) in [6.07, 6.45) is 9.12. The van der Waals surface area contributed by atoms with Gasteiger partial charge in [-0.25, -0.2) is 0 Å². The minimum Gasteiger partial charge on any atom is -0.294 e. The maximum atomic E-state index is 11.4. The van der Waals surface area contributed by atoms with E-state index >= 15 is 0 Å². The Hall–Kier alpha value is -0.850. The topological polar surface area (TPSA) is 17.1 Å². The van der Waals surface area contributed by atoms with E-state index in [-0.39, 0.29) is 0 Å². The molecule has 0 atom stereocenters. The molecule has 0 aliphatic heterocycles. The highest BCUT2D eigenvalue weighted by Gasteiger charge is 2.18. The molecule has 1 nitrogen and oxygen atoms in total. The van der Waals surface area contributed by atoms with E-state index in [1.54, 1.807) is 0 Å². The molecule has 1 aliphatic rings. The summed E-state index contributed by atoms with van der Waals surface area (Å²) in [6, 6.07) is 0. The molecule has 0 radical (unpaired) electrons. The SMILES string of the molecule is CCC/C=C\C1=C(CC)CCC1=O. The number of Topliss-reactive ketones (excluding diaryl/α,β-unsaturated/α-hetero) is 1. The lowest BCUT2D eigenvalue weighted by atomic mass is 10.1. The molecular weight excluding hydrogens is 160 g/mol. The van der Waals surface area contributed by atoms with Crippen LogP contribution in [0.25, 0.3) is 0 Å². The van der Waals surface area contributed by atoms with Crippen molar-refractivity contribution in [2.24, 2.45) is 0 Å². The van der Waals surface area contributed by atoms with Crippen LogP contribution in [0.4, 0.5) is 0 Å². The zero-order valence-corrected chi connectivity index (χ0v) is 8.60. The van der Waals surface area contributed by atoms with Gasteiger partial charge in [0.25, 0.3) is 0 Å². The van der Waals surface area contributed by atoms with Crippen LogP contribution in [0.3, 0.4) is 0 Å². The first-order chi connectivity index (χ1) is 6.29. The highest BCUT2D eigenvalue weighted by Crippen LogP contribution is 2.26. The Kier molecular flexibility index (Phi) is 3.94. The summed E-state index contributed by atoms with van der Waals surface area (Å²) in [7, 11) is 0. The summed E-state index contributed by atoms with van der Waals surface area (Å²) in [5, 5.41) is 0. The minimum atomic E-state index is 0.337. The molecule has 1 heteroatoms. The van der Waals surface area contributed by atoms with E-state index in [0.29, 0.717) is 5.78 Å². The van der Waals surface area contributed by atoms with Crippen molar-refractivity contribution in [2.45, 2.75) is 46.0 Å². The van der Waals surface area contributed by atoms with E-state index in [1.165, 1.54) is 5.57 Å². The molecule has 1 rings (SSSR count). The number of hydrogen-bond acceptors (Lipinski definition) is 1. The Bertz CT molecular complexity index is 246. The first kappa shape index (κ1) is 10.2. The van der Waals surface area contributed by atoms with Gasteiger partial charge in [-0.3, -0.25) is 4.79 Å². The molecule has 0 heterocycles. The molecule has 0 amide bonds. The lowest BCUT2D eigenvalue weighted by molar-refractivity contribution is -0.114. The predicted octanol–water partition coefficient (Wildman–Crippen LogP) is 3.41. The van der Waals surface area contributed by atoms with E-state index < -0.39 is 0 Å². The monoisotopic (exact) mass is 178 g/mol. The minimum absolute atomic E-state index is 0.337. The fourth-order valence-electron chi connectivity index (χ4n) is 1.68. The summed E-state index contributed by atoms with van der Waals surface area (Å²) in [6.45, 7) is 4.28. The Labute approximate surface area is 80.5 Å². The van der Waals surface area contributed by atoms with Gasteiger partial charge in [0, 0.05) is 12.0 Å². The maximum absolute atomic E-state index is 11.4. The standard InChI is InChI=1S/C12H18O/c1-3-5-6-7-11-10(4-2)8-9-12(11)13/h6-7H,3-5,8-9H2,1-2H3/b7-6-. The zero-order chi connectivity index (χ0) is 9.68. The van der Waals surface area contributed by atoms with E-state index in [4.69, 9.17) is 0 Å². The molecule has 0 N–H and O–H groups in total. The fraction of sp³-hybridized carbons (Fsp3) is 0.583. The number of rotatable bonds is 4. The molecule has 0 bridgehead atoms. The number of hydrogen-bond donors (Lipinski definition) is 0. The third-order valence-electron chi connectivity index (χ3n) is 2.50. The van der Waals surface area contributed by atoms with Gasteiger partial charge in [0.15, 0.2) is 5.78 Å². The van der Waals surface area contributed by atoms with Crippen LogP contribution >= 0.6 is 0 Å². The number of carbonyl (C=O) groups excluding carboxylic acids is 1. The van der Waals surface area contributed by atoms with E-state index in [2.05, 4.69) is 19.9 Å². The Morgan fingerprint density at radius 3 is 2.69 bits per heavy atom. The average Bonchev–Trinajstić information content (AvgIpc) is 2.48. The average molecular weight is 178 g/mol. The number of allylic oxidation sites excluding steroid dienone is 4. The summed E-state index contributed by atoms with van der Waals surface area (Å²) < 4.78 is 0. The van der Waals surface area contributed by atoms with Crippen molar-refractivity contribution in [3.8, 4) is 0 Å². The van der Waals surface area contributed by atoms with Crippen molar-refractivity contribution in [1.29, 1.82) is 0 Å². The van der Waals surface area contributed by atoms with E-state index in [0.717, 1.165) is 37.7 Å². The number of ketones is 1. The molecule has 0 spiro atoms. The Morgan fingerprint density at radius 2 is 2.08 bits per heavy atom. The van der Waals surface area contributed by atoms with Crippen LogP contribution in [-0.2, 0) is 4.79 Å². The second kappa shape index (κ2) is 5.00. The molecule has 0 aromatic rings. The zero-order valence-electron chi connectivity index (χ0n) is 8.60. The van der Waals surface area contributed by atoms with Gasteiger partial charge in [0.2, 0.25) is 0 Å². The van der Waals surface area contributed by atoms with Crippen LogP contribution < -0.4 is 0 Å². The Morgan fingerprint density at radius 1 is 1.31 bits per heavy atom. The molecule has 13 heavy (non-hydrogen) atoms. The van der Waals surface area contributed by atoms with Crippen LogP contribution in [0.5, 0.6) is 0 Å². The summed E-state index contributed by atoms with van der Waals surface area (Å²) in [5.74, 6) is 0.337. The lowest BCUT2D eigenvalue weighted by Crippen LogP contribution is -1.92. The van der Waals surface area contributed by atoms with E-state index in [9.17, 15) is 4.79 Å². The van der Waals surface area contributed by atoms with Crippen LogP contribution in [0.1, 0.15) is 46.0 Å². The third-order valence-corrected chi connectivity index (χ3v) is 2.50. The van der Waals surface area contributed by atoms with Crippen molar-refractivity contribution in [2.75, 3.05) is 0 Å². The van der Waals surface area contributed by atoms with Crippen molar-refractivity contribution < 1.29 is 4.79 Å². The first-order valence-electron chi connectivity index (χ1n) is 5.21. The summed E-state index contributed by atoms with van der Waals surface area (Å²) >= 11 is 0. The molecule has 0 aromatic carbocycles. The molecule has 72 valence electrons. The quantitative estimate of drug-likeness (QED) is 0.644. The molecular formula is C12H18O. The van der Waals surface area contributed by atoms with Gasteiger partial charge in [0.05, 0.1) is 0 Å². The first-order valence-corrected chi connectivity index (χ1v) is 5.21. The molecule has 1 aliphatic carbocycles. The molecule has 0 aromatic heterocycles. The highest BCUT2D eigenvalue weighted by atomic mass is 16.1. The molecule has 0 fully saturated rings. The number of carbonyl (C=O) groups is 1. The summed E-state index contributed by atoms with van der Waals surface area (Å²) in [5.41, 5.74) is 2.34. The fourth-order valence-corrected chi connectivity index (χ4v) is 1.68. The van der Waals surface area contributed by atoms with Crippen molar-refractivity contribution in [3.05, 3.63) is 23.3 Å². The van der Waals surface area contributed by atoms with Gasteiger partial charge in [0.1, 0.15) is 0 Å². The normalized spacial score (nSPS) is 17.8. The van der Waals surface area contributed by atoms with Crippen molar-refractivity contribution in [1.82, 2.24) is 0 Å². The molecule has 0 saturated heterocycles. The van der Waals surface area contributed by atoms with Crippen LogP contribution in [-0.4, -0.2) is 5.78 Å². The van der Waals surface area contributed by atoms with Crippen molar-refractivity contribution in [3.63, 3.8) is 0 Å². The summed E-state index contributed by atoms with van der Waals surface area (Å²) in [4.78, 5) is 11.4. The molecule has 0 unspecified atom stereocenters. The second-order valence-corrected chi connectivity index (χ2v) is 3.49. The van der Waals surface area contributed by atoms with Crippen molar-refractivity contribution >= 4 is 5.78 Å². The van der Waals surface area contributed by atoms with Gasteiger partial charge in [-0.15, -0.1) is 0 Å². The van der Waals surface area contributed by atoms with E-state index in [1.807, 2.05) is 6.08 Å². The lowest BCUT2D eigenvalue weighted by Gasteiger charge is -1.96. The van der Waals surface area contributed by atoms with Gasteiger partial charge >= 0.3 is 0 Å². The van der Waals surface area contributed by atoms with Crippen LogP contribution in [0.15, 0.2) is 23.3 Å². The highest BCUT2D eigenvalue weighted by molar-refractivity contribution is 6.01. The van der Waals surface area contributed by atoms with Gasteiger partial charge in [-0.05, 0) is 19.3 Å². The second-order valence-electron chi connectivity index (χ2n) is 3.49. The van der Waals surface area contributed by atoms with Crippen LogP contribution in [0, 0.1) is 0 Å². The molecule has 0 saturated carbocycles. The smallest absolute Gasteiger partial charge is 0.163 e. The maximum Gasteiger partial charge on any atom is 0.163 e. The van der Waals surface area contributed by atoms with Gasteiger partial charge < -0.3 is 0 Å². The van der Waals surface area contributed by atoms with Crippen LogP contribution in [0.2, 0.25) is 0 Å².